The number of amides is 2. The minimum absolute atomic E-state index is 0.0676. The zero-order valence-electron chi connectivity index (χ0n) is 15.6. The molecule has 1 saturated heterocycles. The number of piperidine rings is 1. The minimum atomic E-state index is -0.0676. The van der Waals surface area contributed by atoms with Crippen molar-refractivity contribution in [2.24, 2.45) is 7.05 Å². The van der Waals surface area contributed by atoms with Crippen LogP contribution in [-0.2, 0) is 11.8 Å². The average molecular weight is 349 g/mol. The van der Waals surface area contributed by atoms with Crippen molar-refractivity contribution in [3.05, 3.63) is 11.8 Å². The number of nitrogens with zero attached hydrogens (tertiary/aromatic N) is 3. The number of nitrogens with one attached hydrogen (secondary N) is 2. The second-order valence-corrected chi connectivity index (χ2v) is 7.34. The van der Waals surface area contributed by atoms with Gasteiger partial charge < -0.3 is 20.3 Å². The summed E-state index contributed by atoms with van der Waals surface area (Å²) >= 11 is 0. The molecule has 7 nitrogen and oxygen atoms in total. The van der Waals surface area contributed by atoms with E-state index < -0.39 is 0 Å². The highest BCUT2D eigenvalue weighted by Gasteiger charge is 2.28. The van der Waals surface area contributed by atoms with E-state index in [0.717, 1.165) is 56.7 Å². The Balaban J connectivity index is 1.53. The number of ether oxygens (including phenoxy) is 1. The number of hydrogen-bond acceptors (Lipinski definition) is 4. The first-order valence-electron chi connectivity index (χ1n) is 9.42. The van der Waals surface area contributed by atoms with Crippen LogP contribution in [0.4, 0.5) is 10.6 Å². The van der Waals surface area contributed by atoms with E-state index in [4.69, 9.17) is 4.74 Å². The summed E-state index contributed by atoms with van der Waals surface area (Å²) in [5.41, 5.74) is 1.02. The number of carbonyl (C=O) groups is 1. The molecule has 0 radical (unpaired) electrons. The molecular weight excluding hydrogens is 318 g/mol. The molecule has 140 valence electrons. The highest BCUT2D eigenvalue weighted by molar-refractivity contribution is 5.74. The van der Waals surface area contributed by atoms with Crippen molar-refractivity contribution < 1.29 is 9.53 Å². The van der Waals surface area contributed by atoms with Crippen molar-refractivity contribution in [2.45, 2.75) is 63.6 Å². The third-order valence-electron chi connectivity index (χ3n) is 5.38. The molecule has 3 atom stereocenters. The molecule has 2 aliphatic rings. The fourth-order valence-electron chi connectivity index (χ4n) is 4.14. The summed E-state index contributed by atoms with van der Waals surface area (Å²) in [5, 5.41) is 10.7. The predicted molar refractivity (Wildman–Crippen MR) is 97.9 cm³/mol. The van der Waals surface area contributed by atoms with Gasteiger partial charge in [0.25, 0.3) is 0 Å². The molecule has 1 aliphatic heterocycles. The Kier molecular flexibility index (Phi) is 5.83. The van der Waals surface area contributed by atoms with Crippen LogP contribution in [0.3, 0.4) is 0 Å². The lowest BCUT2D eigenvalue weighted by atomic mass is 9.92. The van der Waals surface area contributed by atoms with Crippen molar-refractivity contribution in [1.29, 1.82) is 0 Å². The van der Waals surface area contributed by atoms with Crippen molar-refractivity contribution in [3.8, 4) is 0 Å². The number of anilines is 1. The van der Waals surface area contributed by atoms with Gasteiger partial charge in [0.1, 0.15) is 5.82 Å². The smallest absolute Gasteiger partial charge is 0.315 e. The number of aryl methyl sites for hydroxylation is 2. The molecule has 0 aromatic carbocycles. The molecule has 0 spiro atoms. The van der Waals surface area contributed by atoms with Gasteiger partial charge in [0.15, 0.2) is 0 Å². The van der Waals surface area contributed by atoms with Crippen molar-refractivity contribution in [3.63, 3.8) is 0 Å². The summed E-state index contributed by atoms with van der Waals surface area (Å²) in [7, 11) is 3.71. The van der Waals surface area contributed by atoms with E-state index in [1.807, 2.05) is 18.7 Å². The number of rotatable bonds is 4. The summed E-state index contributed by atoms with van der Waals surface area (Å²) < 4.78 is 7.44. The average Bonchev–Trinajstić information content (AvgIpc) is 2.94. The molecule has 3 rings (SSSR count). The van der Waals surface area contributed by atoms with E-state index >= 15 is 0 Å². The lowest BCUT2D eigenvalue weighted by Gasteiger charge is -2.35. The molecule has 2 fully saturated rings. The maximum atomic E-state index is 12.4. The van der Waals surface area contributed by atoms with Gasteiger partial charge in [-0.15, -0.1) is 0 Å². The van der Waals surface area contributed by atoms with Gasteiger partial charge in [-0.25, -0.2) is 4.79 Å². The first-order valence-corrected chi connectivity index (χ1v) is 9.42. The summed E-state index contributed by atoms with van der Waals surface area (Å²) in [6, 6.07) is 2.32. The quantitative estimate of drug-likeness (QED) is 0.872. The Morgan fingerprint density at radius 1 is 1.24 bits per heavy atom. The van der Waals surface area contributed by atoms with Gasteiger partial charge in [0, 0.05) is 39.4 Å². The van der Waals surface area contributed by atoms with Crippen LogP contribution in [0.2, 0.25) is 0 Å². The van der Waals surface area contributed by atoms with Gasteiger partial charge in [0.2, 0.25) is 0 Å². The molecule has 1 aromatic rings. The second-order valence-electron chi connectivity index (χ2n) is 7.34. The van der Waals surface area contributed by atoms with Gasteiger partial charge >= 0.3 is 6.03 Å². The third kappa shape index (κ3) is 4.45. The fourth-order valence-corrected chi connectivity index (χ4v) is 4.14. The maximum absolute atomic E-state index is 12.4. The molecular formula is C18H31N5O2. The Morgan fingerprint density at radius 2 is 2.04 bits per heavy atom. The van der Waals surface area contributed by atoms with Gasteiger partial charge in [-0.2, -0.15) is 5.10 Å². The SMILES string of the molecule is CO[C@H]1CCCC[C@@H]1NC(=O)NC1CCCN(c2cc(C)nn2C)C1. The summed E-state index contributed by atoms with van der Waals surface area (Å²) in [4.78, 5) is 14.8. The second kappa shape index (κ2) is 8.08. The molecule has 1 saturated carbocycles. The topological polar surface area (TPSA) is 71.4 Å². The molecule has 7 heteroatoms. The highest BCUT2D eigenvalue weighted by atomic mass is 16.5. The minimum Gasteiger partial charge on any atom is -0.379 e. The molecule has 2 N–H and O–H groups in total. The normalized spacial score (nSPS) is 27.2. The monoisotopic (exact) mass is 349 g/mol. The van der Waals surface area contributed by atoms with Crippen LogP contribution in [0, 0.1) is 6.92 Å². The van der Waals surface area contributed by atoms with Crippen LogP contribution in [0.25, 0.3) is 0 Å². The zero-order valence-corrected chi connectivity index (χ0v) is 15.6. The zero-order chi connectivity index (χ0) is 17.8. The van der Waals surface area contributed by atoms with Crippen molar-refractivity contribution in [2.75, 3.05) is 25.1 Å². The highest BCUT2D eigenvalue weighted by Crippen LogP contribution is 2.22. The van der Waals surface area contributed by atoms with E-state index in [0.29, 0.717) is 0 Å². The molecule has 0 bridgehead atoms. The maximum Gasteiger partial charge on any atom is 0.315 e. The Morgan fingerprint density at radius 3 is 2.76 bits per heavy atom. The molecule has 1 aromatic heterocycles. The lowest BCUT2D eigenvalue weighted by molar-refractivity contribution is 0.0450. The van der Waals surface area contributed by atoms with E-state index in [1.165, 1.54) is 6.42 Å². The van der Waals surface area contributed by atoms with Gasteiger partial charge in [-0.05, 0) is 32.6 Å². The first kappa shape index (κ1) is 18.0. The van der Waals surface area contributed by atoms with Crippen LogP contribution in [0.5, 0.6) is 0 Å². The Bertz CT molecular complexity index is 588. The lowest BCUT2D eigenvalue weighted by Crippen LogP contribution is -2.55. The summed E-state index contributed by atoms with van der Waals surface area (Å²) in [6.45, 7) is 3.84. The van der Waals surface area contributed by atoms with E-state index in [2.05, 4.69) is 26.7 Å². The van der Waals surface area contributed by atoms with E-state index in [9.17, 15) is 4.79 Å². The molecule has 2 amide bonds. The number of carbonyl (C=O) groups excluding carboxylic acids is 1. The fraction of sp³-hybridized carbons (Fsp3) is 0.778. The Labute approximate surface area is 150 Å². The largest absolute Gasteiger partial charge is 0.379 e. The summed E-state index contributed by atoms with van der Waals surface area (Å²) in [6.07, 6.45) is 6.58. The van der Waals surface area contributed by atoms with Crippen LogP contribution in [0.1, 0.15) is 44.2 Å². The van der Waals surface area contributed by atoms with Crippen molar-refractivity contribution in [1.82, 2.24) is 20.4 Å². The molecule has 1 unspecified atom stereocenters. The van der Waals surface area contributed by atoms with Crippen molar-refractivity contribution >= 4 is 11.8 Å². The van der Waals surface area contributed by atoms with Gasteiger partial charge in [-0.1, -0.05) is 12.8 Å². The summed E-state index contributed by atoms with van der Waals surface area (Å²) in [5.74, 6) is 1.12. The van der Waals surface area contributed by atoms with E-state index in [1.54, 1.807) is 7.11 Å². The van der Waals surface area contributed by atoms with Crippen LogP contribution in [-0.4, -0.2) is 54.2 Å². The van der Waals surface area contributed by atoms with E-state index in [-0.39, 0.29) is 24.2 Å². The van der Waals surface area contributed by atoms with Crippen LogP contribution >= 0.6 is 0 Å². The number of aromatic nitrogens is 2. The van der Waals surface area contributed by atoms with Crippen LogP contribution < -0.4 is 15.5 Å². The van der Waals surface area contributed by atoms with Gasteiger partial charge in [-0.3, -0.25) is 4.68 Å². The molecule has 25 heavy (non-hydrogen) atoms. The molecule has 1 aliphatic carbocycles. The number of urea groups is 1. The number of hydrogen-bond donors (Lipinski definition) is 2. The Hall–Kier alpha value is -1.76. The van der Waals surface area contributed by atoms with Gasteiger partial charge in [0.05, 0.1) is 17.8 Å². The third-order valence-corrected chi connectivity index (χ3v) is 5.38. The standard InChI is InChI=1S/C18H31N5O2/c1-13-11-17(22(2)21-13)23-10-6-7-14(12-23)19-18(24)20-15-8-4-5-9-16(15)25-3/h11,14-16H,4-10,12H2,1-3H3,(H2,19,20,24)/t14?,15-,16-/m0/s1. The van der Waals surface area contributed by atoms with Crippen LogP contribution in [0.15, 0.2) is 6.07 Å². The number of methoxy groups -OCH3 is 1. The first-order chi connectivity index (χ1) is 12.1. The predicted octanol–water partition coefficient (Wildman–Crippen LogP) is 1.95. The molecule has 2 heterocycles.